The van der Waals surface area contributed by atoms with Crippen LogP contribution in [0.5, 0.6) is 0 Å². The summed E-state index contributed by atoms with van der Waals surface area (Å²) in [6, 6.07) is 7.17. The lowest BCUT2D eigenvalue weighted by Crippen LogP contribution is -2.56. The smallest absolute Gasteiger partial charge is 0.273 e. The SMILES string of the molecule is CC(CC(=O)NC1C2CC3CC(C2)CC1C3)=NNC(=O)c1ccccc1N. The third-order valence-corrected chi connectivity index (χ3v) is 6.52. The van der Waals surface area contributed by atoms with Crippen molar-refractivity contribution in [3.8, 4) is 0 Å². The maximum absolute atomic E-state index is 12.5. The van der Waals surface area contributed by atoms with Gasteiger partial charge in [-0.1, -0.05) is 12.1 Å². The van der Waals surface area contributed by atoms with Gasteiger partial charge in [0.05, 0.1) is 12.0 Å². The van der Waals surface area contributed by atoms with Crippen molar-refractivity contribution >= 4 is 23.2 Å². The number of hydrogen-bond donors (Lipinski definition) is 3. The van der Waals surface area contributed by atoms with Gasteiger partial charge in [0.1, 0.15) is 0 Å². The van der Waals surface area contributed by atoms with E-state index in [4.69, 9.17) is 5.73 Å². The van der Waals surface area contributed by atoms with Crippen molar-refractivity contribution in [1.82, 2.24) is 10.7 Å². The molecule has 144 valence electrons. The highest BCUT2D eigenvalue weighted by Crippen LogP contribution is 2.53. The first kappa shape index (κ1) is 18.0. The largest absolute Gasteiger partial charge is 0.398 e. The highest BCUT2D eigenvalue weighted by Gasteiger charge is 2.48. The van der Waals surface area contributed by atoms with Crippen molar-refractivity contribution < 1.29 is 9.59 Å². The predicted octanol–water partition coefficient (Wildman–Crippen LogP) is 2.71. The Balaban J connectivity index is 1.30. The van der Waals surface area contributed by atoms with Crippen LogP contribution in [0, 0.1) is 23.7 Å². The van der Waals surface area contributed by atoms with Crippen molar-refractivity contribution in [2.24, 2.45) is 28.8 Å². The second-order valence-electron chi connectivity index (χ2n) is 8.58. The van der Waals surface area contributed by atoms with Gasteiger partial charge in [0.25, 0.3) is 5.91 Å². The maximum atomic E-state index is 12.5. The van der Waals surface area contributed by atoms with Crippen LogP contribution in [0.15, 0.2) is 29.4 Å². The maximum Gasteiger partial charge on any atom is 0.273 e. The summed E-state index contributed by atoms with van der Waals surface area (Å²) in [6.07, 6.45) is 6.72. The van der Waals surface area contributed by atoms with Gasteiger partial charge in [-0.05, 0) is 74.8 Å². The standard InChI is InChI=1S/C21H28N4O2/c1-12(24-25-21(27)17-4-2-3-5-18(17)22)6-19(26)23-20-15-8-13-7-14(10-15)11-16(20)9-13/h2-5,13-16,20H,6-11,22H2,1H3,(H,23,26)(H,25,27). The third-order valence-electron chi connectivity index (χ3n) is 6.52. The molecular weight excluding hydrogens is 340 g/mol. The average molecular weight is 368 g/mol. The molecule has 1 aromatic rings. The summed E-state index contributed by atoms with van der Waals surface area (Å²) in [5, 5.41) is 7.34. The number of nitrogen functional groups attached to an aromatic ring is 1. The van der Waals surface area contributed by atoms with E-state index in [1.54, 1.807) is 31.2 Å². The molecule has 5 rings (SSSR count). The molecule has 0 heterocycles. The molecule has 4 fully saturated rings. The number of para-hydroxylation sites is 1. The van der Waals surface area contributed by atoms with Gasteiger partial charge in [-0.15, -0.1) is 0 Å². The number of hydrogen-bond acceptors (Lipinski definition) is 4. The number of rotatable bonds is 5. The Morgan fingerprint density at radius 2 is 1.70 bits per heavy atom. The summed E-state index contributed by atoms with van der Waals surface area (Å²) in [6.45, 7) is 1.76. The molecule has 0 unspecified atom stereocenters. The van der Waals surface area contributed by atoms with Crippen molar-refractivity contribution in [2.45, 2.75) is 51.5 Å². The van der Waals surface area contributed by atoms with E-state index in [1.165, 1.54) is 32.1 Å². The Hall–Kier alpha value is -2.37. The normalized spacial score (nSPS) is 31.6. The number of benzene rings is 1. The van der Waals surface area contributed by atoms with E-state index in [9.17, 15) is 9.59 Å². The zero-order valence-corrected chi connectivity index (χ0v) is 15.8. The Labute approximate surface area is 160 Å². The van der Waals surface area contributed by atoms with Crippen molar-refractivity contribution in [3.05, 3.63) is 29.8 Å². The van der Waals surface area contributed by atoms with Gasteiger partial charge in [-0.2, -0.15) is 5.10 Å². The monoisotopic (exact) mass is 368 g/mol. The fraction of sp³-hybridized carbons (Fsp3) is 0.571. The van der Waals surface area contributed by atoms with Crippen LogP contribution >= 0.6 is 0 Å². The van der Waals surface area contributed by atoms with Gasteiger partial charge in [-0.3, -0.25) is 9.59 Å². The van der Waals surface area contributed by atoms with Crippen LogP contribution in [-0.2, 0) is 4.79 Å². The minimum atomic E-state index is -0.367. The van der Waals surface area contributed by atoms with Gasteiger partial charge >= 0.3 is 0 Å². The average Bonchev–Trinajstić information content (AvgIpc) is 2.62. The quantitative estimate of drug-likeness (QED) is 0.423. The van der Waals surface area contributed by atoms with Gasteiger partial charge in [-0.25, -0.2) is 5.43 Å². The summed E-state index contributed by atoms with van der Waals surface area (Å²) in [5.74, 6) is 2.73. The predicted molar refractivity (Wildman–Crippen MR) is 105 cm³/mol. The first-order chi connectivity index (χ1) is 13.0. The fourth-order valence-electron chi connectivity index (χ4n) is 5.58. The molecule has 4 N–H and O–H groups in total. The van der Waals surface area contributed by atoms with E-state index in [2.05, 4.69) is 15.8 Å². The first-order valence-corrected chi connectivity index (χ1v) is 9.97. The molecule has 0 radical (unpaired) electrons. The molecule has 6 heteroatoms. The van der Waals surface area contributed by atoms with Crippen molar-refractivity contribution in [1.29, 1.82) is 0 Å². The lowest BCUT2D eigenvalue weighted by molar-refractivity contribution is -0.123. The Morgan fingerprint density at radius 3 is 2.33 bits per heavy atom. The molecule has 4 saturated carbocycles. The van der Waals surface area contributed by atoms with Crippen LogP contribution in [0.4, 0.5) is 5.69 Å². The zero-order chi connectivity index (χ0) is 19.0. The molecule has 6 nitrogen and oxygen atoms in total. The number of nitrogens with two attached hydrogens (primary N) is 1. The third kappa shape index (κ3) is 3.84. The molecule has 27 heavy (non-hydrogen) atoms. The van der Waals surface area contributed by atoms with Crippen LogP contribution in [0.25, 0.3) is 0 Å². The van der Waals surface area contributed by atoms with E-state index >= 15 is 0 Å². The van der Waals surface area contributed by atoms with Crippen LogP contribution in [-0.4, -0.2) is 23.6 Å². The summed E-state index contributed by atoms with van der Waals surface area (Å²) in [7, 11) is 0. The Bertz CT molecular complexity index is 745. The van der Waals surface area contributed by atoms with Crippen molar-refractivity contribution in [3.63, 3.8) is 0 Å². The Morgan fingerprint density at radius 1 is 1.07 bits per heavy atom. The van der Waals surface area contributed by atoms with E-state index < -0.39 is 0 Å². The molecule has 0 spiro atoms. The van der Waals surface area contributed by atoms with Crippen LogP contribution < -0.4 is 16.5 Å². The van der Waals surface area contributed by atoms with Gasteiger partial charge in [0.2, 0.25) is 5.91 Å². The molecule has 4 aliphatic rings. The summed E-state index contributed by atoms with van der Waals surface area (Å²) >= 11 is 0. The highest BCUT2D eigenvalue weighted by atomic mass is 16.2. The van der Waals surface area contributed by atoms with Gasteiger partial charge in [0.15, 0.2) is 0 Å². The van der Waals surface area contributed by atoms with E-state index in [-0.39, 0.29) is 18.2 Å². The second-order valence-corrected chi connectivity index (χ2v) is 8.58. The van der Waals surface area contributed by atoms with Crippen molar-refractivity contribution in [2.75, 3.05) is 5.73 Å². The highest BCUT2D eigenvalue weighted by molar-refractivity contribution is 6.02. The van der Waals surface area contributed by atoms with E-state index in [0.29, 0.717) is 34.8 Å². The molecule has 0 aromatic heterocycles. The minimum absolute atomic E-state index is 0.00203. The molecular formula is C21H28N4O2. The second kappa shape index (κ2) is 7.33. The molecule has 4 bridgehead atoms. The summed E-state index contributed by atoms with van der Waals surface area (Å²) < 4.78 is 0. The van der Waals surface area contributed by atoms with Gasteiger partial charge in [0, 0.05) is 17.4 Å². The zero-order valence-electron chi connectivity index (χ0n) is 15.8. The number of carbonyl (C=O) groups excluding carboxylic acids is 2. The molecule has 4 aliphatic carbocycles. The van der Waals surface area contributed by atoms with Gasteiger partial charge < -0.3 is 11.1 Å². The minimum Gasteiger partial charge on any atom is -0.398 e. The molecule has 1 aromatic carbocycles. The van der Waals surface area contributed by atoms with Crippen LogP contribution in [0.1, 0.15) is 55.8 Å². The topological polar surface area (TPSA) is 96.6 Å². The molecule has 2 amide bonds. The summed E-state index contributed by atoms with van der Waals surface area (Å²) in [4.78, 5) is 24.6. The lowest BCUT2D eigenvalue weighted by atomic mass is 9.54. The summed E-state index contributed by atoms with van der Waals surface area (Å²) in [5.41, 5.74) is 9.66. The number of nitrogens with one attached hydrogen (secondary N) is 2. The number of amides is 2. The molecule has 0 atom stereocenters. The number of anilines is 1. The van der Waals surface area contributed by atoms with E-state index in [1.807, 2.05) is 0 Å². The number of hydrazone groups is 1. The Kier molecular flexibility index (Phi) is 4.89. The lowest BCUT2D eigenvalue weighted by Gasteiger charge is -2.54. The van der Waals surface area contributed by atoms with E-state index in [0.717, 1.165) is 11.8 Å². The molecule has 0 aliphatic heterocycles. The molecule has 0 saturated heterocycles. The fourth-order valence-corrected chi connectivity index (χ4v) is 5.58. The first-order valence-electron chi connectivity index (χ1n) is 9.97. The number of nitrogens with zero attached hydrogens (tertiary/aromatic N) is 1. The van der Waals surface area contributed by atoms with Crippen LogP contribution in [0.3, 0.4) is 0 Å². The number of carbonyl (C=O) groups is 2. The van der Waals surface area contributed by atoms with Crippen LogP contribution in [0.2, 0.25) is 0 Å².